The minimum atomic E-state index is -0.350. The highest BCUT2D eigenvalue weighted by molar-refractivity contribution is 6.09. The molecule has 0 atom stereocenters. The third-order valence-corrected chi connectivity index (χ3v) is 2.76. The minimum Gasteiger partial charge on any atom is -0.496 e. The summed E-state index contributed by atoms with van der Waals surface area (Å²) < 4.78 is 17.9. The molecule has 0 radical (unpaired) electrons. The fourth-order valence-corrected chi connectivity index (χ4v) is 1.79. The van der Waals surface area contributed by atoms with Gasteiger partial charge in [-0.25, -0.2) is 4.39 Å². The second-order valence-corrected chi connectivity index (χ2v) is 4.02. The van der Waals surface area contributed by atoms with Crippen molar-refractivity contribution in [1.29, 1.82) is 0 Å². The summed E-state index contributed by atoms with van der Waals surface area (Å²) in [5, 5.41) is 0. The molecule has 0 aliphatic carbocycles. The van der Waals surface area contributed by atoms with Gasteiger partial charge in [-0.05, 0) is 55.0 Å². The molecule has 3 heteroatoms. The van der Waals surface area contributed by atoms with Crippen LogP contribution in [0.1, 0.15) is 21.5 Å². The normalized spacial score (nSPS) is 10.2. The van der Waals surface area contributed by atoms with E-state index in [0.29, 0.717) is 11.1 Å². The molecule has 0 N–H and O–H groups in total. The summed E-state index contributed by atoms with van der Waals surface area (Å²) in [6.45, 7) is 1.88. The second kappa shape index (κ2) is 5.00. The predicted octanol–water partition coefficient (Wildman–Crippen LogP) is 3.37. The van der Waals surface area contributed by atoms with Gasteiger partial charge in [0.05, 0.1) is 7.11 Å². The summed E-state index contributed by atoms with van der Waals surface area (Å²) in [6.07, 6.45) is 0. The van der Waals surface area contributed by atoms with Crippen molar-refractivity contribution in [3.8, 4) is 5.75 Å². The van der Waals surface area contributed by atoms with E-state index in [-0.39, 0.29) is 11.6 Å². The van der Waals surface area contributed by atoms with Gasteiger partial charge < -0.3 is 4.74 Å². The molecule has 92 valence electrons. The highest BCUT2D eigenvalue weighted by Gasteiger charge is 2.10. The molecule has 2 rings (SSSR count). The number of methoxy groups -OCH3 is 1. The van der Waals surface area contributed by atoms with Gasteiger partial charge in [0.1, 0.15) is 11.6 Å². The molecule has 2 aromatic rings. The number of carbonyl (C=O) groups is 1. The van der Waals surface area contributed by atoms with Gasteiger partial charge in [0.2, 0.25) is 0 Å². The molecule has 0 bridgehead atoms. The second-order valence-electron chi connectivity index (χ2n) is 4.02. The Kier molecular flexibility index (Phi) is 3.42. The summed E-state index contributed by atoms with van der Waals surface area (Å²) in [7, 11) is 1.59. The summed E-state index contributed by atoms with van der Waals surface area (Å²) in [6, 6.07) is 10.8. The molecule has 2 aromatic carbocycles. The van der Waals surface area contributed by atoms with Crippen molar-refractivity contribution in [2.45, 2.75) is 6.92 Å². The van der Waals surface area contributed by atoms with Crippen LogP contribution >= 0.6 is 0 Å². The molecule has 0 fully saturated rings. The topological polar surface area (TPSA) is 26.3 Å². The van der Waals surface area contributed by atoms with Crippen LogP contribution in [0.3, 0.4) is 0 Å². The fraction of sp³-hybridized carbons (Fsp3) is 0.133. The van der Waals surface area contributed by atoms with E-state index >= 15 is 0 Å². The highest BCUT2D eigenvalue weighted by Crippen LogP contribution is 2.20. The van der Waals surface area contributed by atoms with Crippen LogP contribution < -0.4 is 4.74 Å². The lowest BCUT2D eigenvalue weighted by Crippen LogP contribution is -2.02. The first-order valence-electron chi connectivity index (χ1n) is 5.56. The van der Waals surface area contributed by atoms with Crippen LogP contribution in [0.5, 0.6) is 5.75 Å². The SMILES string of the molecule is COc1ccc(C(=O)c2ccc(F)cc2)cc1C. The van der Waals surface area contributed by atoms with Crippen molar-refractivity contribution in [2.75, 3.05) is 7.11 Å². The first kappa shape index (κ1) is 12.3. The number of ketones is 1. The number of carbonyl (C=O) groups excluding carboxylic acids is 1. The smallest absolute Gasteiger partial charge is 0.193 e. The van der Waals surface area contributed by atoms with Gasteiger partial charge in [0.15, 0.2) is 5.78 Å². The zero-order chi connectivity index (χ0) is 13.1. The average molecular weight is 244 g/mol. The molecule has 0 aliphatic heterocycles. The summed E-state index contributed by atoms with van der Waals surface area (Å²) in [5.41, 5.74) is 1.94. The fourth-order valence-electron chi connectivity index (χ4n) is 1.79. The van der Waals surface area contributed by atoms with Gasteiger partial charge in [-0.1, -0.05) is 0 Å². The molecule has 0 aromatic heterocycles. The number of hydrogen-bond donors (Lipinski definition) is 0. The van der Waals surface area contributed by atoms with Crippen molar-refractivity contribution in [3.05, 3.63) is 65.0 Å². The van der Waals surface area contributed by atoms with Gasteiger partial charge in [-0.3, -0.25) is 4.79 Å². The van der Waals surface area contributed by atoms with E-state index in [1.807, 2.05) is 6.92 Å². The Morgan fingerprint density at radius 2 is 1.67 bits per heavy atom. The third kappa shape index (κ3) is 2.40. The number of aryl methyl sites for hydroxylation is 1. The maximum absolute atomic E-state index is 12.8. The maximum Gasteiger partial charge on any atom is 0.193 e. The minimum absolute atomic E-state index is 0.124. The molecule has 0 unspecified atom stereocenters. The molecule has 0 aliphatic rings. The molecular formula is C15H13FO2. The van der Waals surface area contributed by atoms with Crippen LogP contribution in [0.4, 0.5) is 4.39 Å². The molecule has 0 saturated carbocycles. The Morgan fingerprint density at radius 1 is 1.06 bits per heavy atom. The molecule has 2 nitrogen and oxygen atoms in total. The van der Waals surface area contributed by atoms with E-state index in [4.69, 9.17) is 4.74 Å². The number of ether oxygens (including phenoxy) is 1. The largest absolute Gasteiger partial charge is 0.496 e. The maximum atomic E-state index is 12.8. The lowest BCUT2D eigenvalue weighted by atomic mass is 10.0. The van der Waals surface area contributed by atoms with Gasteiger partial charge in [-0.2, -0.15) is 0 Å². The lowest BCUT2D eigenvalue weighted by molar-refractivity contribution is 0.103. The van der Waals surface area contributed by atoms with Crippen LogP contribution in [0.2, 0.25) is 0 Å². The van der Waals surface area contributed by atoms with E-state index in [2.05, 4.69) is 0 Å². The first-order chi connectivity index (χ1) is 8.61. The van der Waals surface area contributed by atoms with E-state index in [1.165, 1.54) is 24.3 Å². The van der Waals surface area contributed by atoms with E-state index in [9.17, 15) is 9.18 Å². The zero-order valence-corrected chi connectivity index (χ0v) is 10.2. The predicted molar refractivity (Wildman–Crippen MR) is 67.6 cm³/mol. The van der Waals surface area contributed by atoms with Crippen LogP contribution in [0.15, 0.2) is 42.5 Å². The quantitative estimate of drug-likeness (QED) is 0.774. The van der Waals surface area contributed by atoms with Gasteiger partial charge in [-0.15, -0.1) is 0 Å². The van der Waals surface area contributed by atoms with Crippen LogP contribution in [-0.2, 0) is 0 Å². The Morgan fingerprint density at radius 3 is 2.22 bits per heavy atom. The Labute approximate surface area is 105 Å². The number of rotatable bonds is 3. The van der Waals surface area contributed by atoms with Crippen molar-refractivity contribution in [3.63, 3.8) is 0 Å². The summed E-state index contributed by atoms with van der Waals surface area (Å²) in [5.74, 6) is 0.267. The van der Waals surface area contributed by atoms with E-state index in [1.54, 1.807) is 25.3 Å². The molecule has 0 spiro atoms. The lowest BCUT2D eigenvalue weighted by Gasteiger charge is -2.07. The summed E-state index contributed by atoms with van der Waals surface area (Å²) in [4.78, 5) is 12.1. The molecule has 0 saturated heterocycles. The van der Waals surface area contributed by atoms with Crippen molar-refractivity contribution >= 4 is 5.78 Å². The van der Waals surface area contributed by atoms with Gasteiger partial charge >= 0.3 is 0 Å². The molecular weight excluding hydrogens is 231 g/mol. The van der Waals surface area contributed by atoms with Crippen LogP contribution in [0.25, 0.3) is 0 Å². The van der Waals surface area contributed by atoms with Crippen LogP contribution in [0, 0.1) is 12.7 Å². The Bertz CT molecular complexity index is 574. The molecule has 0 heterocycles. The number of hydrogen-bond acceptors (Lipinski definition) is 2. The van der Waals surface area contributed by atoms with E-state index in [0.717, 1.165) is 11.3 Å². The van der Waals surface area contributed by atoms with Gasteiger partial charge in [0, 0.05) is 11.1 Å². The van der Waals surface area contributed by atoms with E-state index < -0.39 is 0 Å². The Hall–Kier alpha value is -2.16. The molecule has 18 heavy (non-hydrogen) atoms. The number of benzene rings is 2. The third-order valence-electron chi connectivity index (χ3n) is 2.76. The van der Waals surface area contributed by atoms with Crippen molar-refractivity contribution < 1.29 is 13.9 Å². The van der Waals surface area contributed by atoms with Gasteiger partial charge in [0.25, 0.3) is 0 Å². The summed E-state index contributed by atoms with van der Waals surface area (Å²) >= 11 is 0. The van der Waals surface area contributed by atoms with Crippen molar-refractivity contribution in [1.82, 2.24) is 0 Å². The molecule has 0 amide bonds. The number of halogens is 1. The first-order valence-corrected chi connectivity index (χ1v) is 5.56. The monoisotopic (exact) mass is 244 g/mol. The Balaban J connectivity index is 2.34. The van der Waals surface area contributed by atoms with Crippen molar-refractivity contribution in [2.24, 2.45) is 0 Å². The highest BCUT2D eigenvalue weighted by atomic mass is 19.1. The van der Waals surface area contributed by atoms with Crippen LogP contribution in [-0.4, -0.2) is 12.9 Å². The zero-order valence-electron chi connectivity index (χ0n) is 10.2. The average Bonchev–Trinajstić information content (AvgIpc) is 2.38. The standard InChI is InChI=1S/C15H13FO2/c1-10-9-12(5-8-14(10)18-2)15(17)11-3-6-13(16)7-4-11/h3-9H,1-2H3.